The molecule has 0 unspecified atom stereocenters. The number of anilines is 1. The number of H-pyrrole nitrogens is 1. The second-order valence-corrected chi connectivity index (χ2v) is 10.2. The minimum Gasteiger partial charge on any atom is -0.316 e. The van der Waals surface area contributed by atoms with Crippen molar-refractivity contribution >= 4 is 34.0 Å². The number of thiophene rings is 1. The van der Waals surface area contributed by atoms with Crippen LogP contribution in [0.15, 0.2) is 16.0 Å². The Bertz CT molecular complexity index is 995. The van der Waals surface area contributed by atoms with Crippen LogP contribution in [0, 0.1) is 29.6 Å². The van der Waals surface area contributed by atoms with Gasteiger partial charge in [0.15, 0.2) is 5.16 Å². The quantitative estimate of drug-likeness (QED) is 0.582. The van der Waals surface area contributed by atoms with Crippen LogP contribution in [0.3, 0.4) is 0 Å². The van der Waals surface area contributed by atoms with Crippen LogP contribution in [0.4, 0.5) is 5.00 Å². The molecule has 1 atom stereocenters. The zero-order chi connectivity index (χ0) is 20.5. The Hall–Kier alpha value is -2.11. The Morgan fingerprint density at radius 1 is 1.50 bits per heavy atom. The molecule has 2 heterocycles. The van der Waals surface area contributed by atoms with Crippen molar-refractivity contribution in [1.82, 2.24) is 9.97 Å². The van der Waals surface area contributed by atoms with Crippen LogP contribution in [0.2, 0.25) is 0 Å². The van der Waals surface area contributed by atoms with E-state index < -0.39 is 0 Å². The molecule has 0 aliphatic heterocycles. The molecule has 0 saturated carbocycles. The van der Waals surface area contributed by atoms with Crippen molar-refractivity contribution in [1.29, 1.82) is 5.26 Å². The lowest BCUT2D eigenvalue weighted by molar-refractivity contribution is -0.113. The molecule has 1 aliphatic rings. The molecular formula is C20H24N4O2S2. The van der Waals surface area contributed by atoms with E-state index in [9.17, 15) is 14.9 Å². The first-order chi connectivity index (χ1) is 13.2. The van der Waals surface area contributed by atoms with E-state index in [0.717, 1.165) is 24.8 Å². The fraction of sp³-hybridized carbons (Fsp3) is 0.500. The van der Waals surface area contributed by atoms with Gasteiger partial charge in [-0.15, -0.1) is 11.3 Å². The first kappa shape index (κ1) is 20.6. The van der Waals surface area contributed by atoms with E-state index in [1.54, 1.807) is 6.92 Å². The number of rotatable bonds is 4. The van der Waals surface area contributed by atoms with Gasteiger partial charge in [0.25, 0.3) is 5.56 Å². The van der Waals surface area contributed by atoms with E-state index >= 15 is 0 Å². The Balaban J connectivity index is 1.70. The van der Waals surface area contributed by atoms with Gasteiger partial charge < -0.3 is 10.3 Å². The minimum atomic E-state index is -0.235. The number of nitriles is 1. The van der Waals surface area contributed by atoms with E-state index in [-0.39, 0.29) is 22.6 Å². The van der Waals surface area contributed by atoms with E-state index in [4.69, 9.17) is 0 Å². The third-order valence-corrected chi connectivity index (χ3v) is 7.09. The second-order valence-electron chi connectivity index (χ2n) is 8.15. The summed E-state index contributed by atoms with van der Waals surface area (Å²) in [5, 5.41) is 13.6. The molecule has 8 heteroatoms. The highest BCUT2D eigenvalue weighted by molar-refractivity contribution is 7.99. The van der Waals surface area contributed by atoms with Gasteiger partial charge in [-0.3, -0.25) is 9.59 Å². The van der Waals surface area contributed by atoms with E-state index in [1.165, 1.54) is 34.0 Å². The van der Waals surface area contributed by atoms with Gasteiger partial charge in [0.2, 0.25) is 5.91 Å². The van der Waals surface area contributed by atoms with Gasteiger partial charge in [0.1, 0.15) is 11.1 Å². The van der Waals surface area contributed by atoms with Crippen molar-refractivity contribution in [2.75, 3.05) is 11.1 Å². The number of nitrogens with zero attached hydrogens (tertiary/aromatic N) is 2. The van der Waals surface area contributed by atoms with Gasteiger partial charge in [-0.25, -0.2) is 4.98 Å². The average Bonchev–Trinajstić information content (AvgIpc) is 2.94. The van der Waals surface area contributed by atoms with E-state index in [2.05, 4.69) is 42.1 Å². The smallest absolute Gasteiger partial charge is 0.251 e. The maximum absolute atomic E-state index is 12.4. The summed E-state index contributed by atoms with van der Waals surface area (Å²) in [5.41, 5.74) is 2.31. The molecule has 0 spiro atoms. The van der Waals surface area contributed by atoms with Crippen molar-refractivity contribution in [3.63, 3.8) is 0 Å². The van der Waals surface area contributed by atoms with Crippen LogP contribution in [-0.4, -0.2) is 21.6 Å². The molecular weight excluding hydrogens is 392 g/mol. The molecule has 2 N–H and O–H groups in total. The van der Waals surface area contributed by atoms with Gasteiger partial charge in [-0.2, -0.15) is 5.26 Å². The number of aromatic nitrogens is 2. The molecule has 28 heavy (non-hydrogen) atoms. The van der Waals surface area contributed by atoms with Crippen LogP contribution in [-0.2, 0) is 17.6 Å². The Kier molecular flexibility index (Phi) is 5.96. The standard InChI is InChI=1S/C20H24N4O2S2/c1-11-7-16(25)24-19(22-11)27-10-17(26)23-18-14(9-21)13-6-5-12(20(2,3)4)8-15(13)28-18/h7,12H,5-6,8,10H2,1-4H3,(H,23,26)(H,22,24,25)/t12-/m1/s1. The van der Waals surface area contributed by atoms with E-state index in [0.29, 0.717) is 27.3 Å². The van der Waals surface area contributed by atoms with Crippen molar-refractivity contribution in [2.45, 2.75) is 52.1 Å². The topological polar surface area (TPSA) is 98.6 Å². The molecule has 148 valence electrons. The zero-order valence-electron chi connectivity index (χ0n) is 16.5. The van der Waals surface area contributed by atoms with E-state index in [1.807, 2.05) is 0 Å². The van der Waals surface area contributed by atoms with Gasteiger partial charge in [0.05, 0.1) is 11.3 Å². The third kappa shape index (κ3) is 4.65. The maximum Gasteiger partial charge on any atom is 0.251 e. The lowest BCUT2D eigenvalue weighted by Crippen LogP contribution is -2.26. The summed E-state index contributed by atoms with van der Waals surface area (Å²) in [5.74, 6) is 0.481. The van der Waals surface area contributed by atoms with Crippen molar-refractivity contribution in [2.24, 2.45) is 11.3 Å². The molecule has 1 amide bonds. The van der Waals surface area contributed by atoms with Crippen LogP contribution in [0.25, 0.3) is 0 Å². The molecule has 6 nitrogen and oxygen atoms in total. The lowest BCUT2D eigenvalue weighted by atomic mass is 9.72. The summed E-state index contributed by atoms with van der Waals surface area (Å²) < 4.78 is 0. The number of hydrogen-bond donors (Lipinski definition) is 2. The van der Waals surface area contributed by atoms with Gasteiger partial charge in [-0.05, 0) is 43.1 Å². The fourth-order valence-electron chi connectivity index (χ4n) is 3.45. The highest BCUT2D eigenvalue weighted by Crippen LogP contribution is 2.44. The summed E-state index contributed by atoms with van der Waals surface area (Å²) in [7, 11) is 0. The number of hydrogen-bond acceptors (Lipinski definition) is 6. The highest BCUT2D eigenvalue weighted by atomic mass is 32.2. The second kappa shape index (κ2) is 8.10. The third-order valence-electron chi connectivity index (χ3n) is 5.04. The summed E-state index contributed by atoms with van der Waals surface area (Å²) in [4.78, 5) is 31.9. The number of amides is 1. The van der Waals surface area contributed by atoms with Crippen molar-refractivity contribution in [3.05, 3.63) is 38.1 Å². The molecule has 0 radical (unpaired) electrons. The molecule has 0 bridgehead atoms. The van der Waals surface area contributed by atoms with Gasteiger partial charge >= 0.3 is 0 Å². The maximum atomic E-state index is 12.4. The minimum absolute atomic E-state index is 0.116. The SMILES string of the molecule is Cc1cc(=O)[nH]c(SCC(=O)Nc2sc3c(c2C#N)CC[C@@H](C(C)(C)C)C3)n1. The molecule has 0 fully saturated rings. The number of carbonyl (C=O) groups excluding carboxylic acids is 1. The number of fused-ring (bicyclic) bond motifs is 1. The Morgan fingerprint density at radius 2 is 2.25 bits per heavy atom. The van der Waals surface area contributed by atoms with Crippen molar-refractivity contribution in [3.8, 4) is 6.07 Å². The first-order valence-corrected chi connectivity index (χ1v) is 11.0. The van der Waals surface area contributed by atoms with Crippen LogP contribution < -0.4 is 10.9 Å². The molecule has 0 saturated heterocycles. The molecule has 0 aromatic carbocycles. The number of nitrogens with one attached hydrogen (secondary N) is 2. The normalized spacial score (nSPS) is 16.3. The lowest BCUT2D eigenvalue weighted by Gasteiger charge is -2.33. The van der Waals surface area contributed by atoms with Crippen LogP contribution in [0.5, 0.6) is 0 Å². The van der Waals surface area contributed by atoms with Gasteiger partial charge in [-0.1, -0.05) is 32.5 Å². The molecule has 3 rings (SSSR count). The predicted octanol–water partition coefficient (Wildman–Crippen LogP) is 3.89. The largest absolute Gasteiger partial charge is 0.316 e. The van der Waals surface area contributed by atoms with Crippen LogP contribution >= 0.6 is 23.1 Å². The Morgan fingerprint density at radius 3 is 2.89 bits per heavy atom. The first-order valence-electron chi connectivity index (χ1n) is 9.22. The highest BCUT2D eigenvalue weighted by Gasteiger charge is 2.32. The average molecular weight is 417 g/mol. The zero-order valence-corrected chi connectivity index (χ0v) is 18.1. The molecule has 2 aromatic heterocycles. The number of thioether (sulfide) groups is 1. The summed E-state index contributed by atoms with van der Waals surface area (Å²) in [6.07, 6.45) is 2.91. The number of carbonyl (C=O) groups is 1. The number of aromatic amines is 1. The predicted molar refractivity (Wildman–Crippen MR) is 113 cm³/mol. The monoisotopic (exact) mass is 416 g/mol. The number of aryl methyl sites for hydroxylation is 1. The summed E-state index contributed by atoms with van der Waals surface area (Å²) >= 11 is 2.70. The Labute approximate surface area is 172 Å². The van der Waals surface area contributed by atoms with Crippen LogP contribution in [0.1, 0.15) is 48.9 Å². The summed E-state index contributed by atoms with van der Waals surface area (Å²) in [6, 6.07) is 3.69. The summed E-state index contributed by atoms with van der Waals surface area (Å²) in [6.45, 7) is 8.50. The van der Waals surface area contributed by atoms with Crippen molar-refractivity contribution < 1.29 is 4.79 Å². The molecule has 2 aromatic rings. The molecule has 1 aliphatic carbocycles. The fourth-order valence-corrected chi connectivity index (χ4v) is 5.46. The van der Waals surface area contributed by atoms with Gasteiger partial charge in [0, 0.05) is 16.6 Å².